The van der Waals surface area contributed by atoms with Gasteiger partial charge in [-0.15, -0.1) is 0 Å². The topological polar surface area (TPSA) is 71.2 Å². The van der Waals surface area contributed by atoms with E-state index in [-0.39, 0.29) is 6.61 Å². The Bertz CT molecular complexity index is 335. The van der Waals surface area contributed by atoms with E-state index in [1.165, 1.54) is 0 Å². The zero-order valence-electron chi connectivity index (χ0n) is 10.7. The molecule has 4 nitrogen and oxygen atoms in total. The number of aryl methyl sites for hydroxylation is 1. The number of hydrogen-bond donors (Lipinski definition) is 3. The standard InChI is InChI=1S/C13H23N3O/c1-3-4-11(6-8-17)9-16-13-12(14)10(2)5-7-15-13/h5,7,11,17H,3-4,6,8-9,14H2,1-2H3,(H,15,16). The van der Waals surface area contributed by atoms with Crippen LogP contribution in [0, 0.1) is 12.8 Å². The van der Waals surface area contributed by atoms with Crippen molar-refractivity contribution in [2.75, 3.05) is 24.2 Å². The predicted molar refractivity (Wildman–Crippen MR) is 72.0 cm³/mol. The maximum atomic E-state index is 8.99. The van der Waals surface area contributed by atoms with Gasteiger partial charge in [0.05, 0.1) is 5.69 Å². The molecule has 0 aliphatic rings. The van der Waals surface area contributed by atoms with Crippen molar-refractivity contribution < 1.29 is 5.11 Å². The molecule has 0 aromatic carbocycles. The Hall–Kier alpha value is -1.29. The first-order valence-electron chi connectivity index (χ1n) is 6.24. The van der Waals surface area contributed by atoms with Gasteiger partial charge < -0.3 is 16.2 Å². The number of pyridine rings is 1. The summed E-state index contributed by atoms with van der Waals surface area (Å²) in [4.78, 5) is 4.23. The molecule has 0 saturated carbocycles. The summed E-state index contributed by atoms with van der Waals surface area (Å²) >= 11 is 0. The Morgan fingerprint density at radius 1 is 1.47 bits per heavy atom. The van der Waals surface area contributed by atoms with Crippen molar-refractivity contribution in [3.05, 3.63) is 17.8 Å². The van der Waals surface area contributed by atoms with Crippen molar-refractivity contribution in [2.45, 2.75) is 33.1 Å². The number of rotatable bonds is 7. The SMILES string of the molecule is CCCC(CCO)CNc1nccc(C)c1N. The summed E-state index contributed by atoms with van der Waals surface area (Å²) in [5, 5.41) is 12.3. The van der Waals surface area contributed by atoms with Gasteiger partial charge in [-0.1, -0.05) is 13.3 Å². The van der Waals surface area contributed by atoms with Crippen LogP contribution < -0.4 is 11.1 Å². The van der Waals surface area contributed by atoms with Gasteiger partial charge in [0, 0.05) is 19.3 Å². The normalized spacial score (nSPS) is 12.4. The average Bonchev–Trinajstić information content (AvgIpc) is 2.31. The lowest BCUT2D eigenvalue weighted by Crippen LogP contribution is -2.17. The second kappa shape index (κ2) is 7.12. The van der Waals surface area contributed by atoms with Crippen LogP contribution in [0.5, 0.6) is 0 Å². The molecule has 0 aliphatic heterocycles. The summed E-state index contributed by atoms with van der Waals surface area (Å²) in [5.74, 6) is 1.23. The third-order valence-corrected chi connectivity index (χ3v) is 3.00. The van der Waals surface area contributed by atoms with E-state index < -0.39 is 0 Å². The summed E-state index contributed by atoms with van der Waals surface area (Å²) in [6, 6.07) is 1.90. The Balaban J connectivity index is 2.55. The molecule has 0 spiro atoms. The molecule has 0 saturated heterocycles. The second-order valence-corrected chi connectivity index (χ2v) is 4.44. The molecule has 0 amide bonds. The molecular weight excluding hydrogens is 214 g/mol. The van der Waals surface area contributed by atoms with Crippen LogP contribution in [0.1, 0.15) is 31.7 Å². The lowest BCUT2D eigenvalue weighted by molar-refractivity contribution is 0.255. The van der Waals surface area contributed by atoms with Gasteiger partial charge in [-0.25, -0.2) is 4.98 Å². The van der Waals surface area contributed by atoms with Crippen molar-refractivity contribution in [3.8, 4) is 0 Å². The summed E-state index contributed by atoms with van der Waals surface area (Å²) in [5.41, 5.74) is 7.70. The number of aliphatic hydroxyl groups excluding tert-OH is 1. The zero-order chi connectivity index (χ0) is 12.7. The molecule has 1 aromatic heterocycles. The van der Waals surface area contributed by atoms with Crippen molar-refractivity contribution in [1.82, 2.24) is 4.98 Å². The second-order valence-electron chi connectivity index (χ2n) is 4.44. The van der Waals surface area contributed by atoms with Crippen molar-refractivity contribution in [2.24, 2.45) is 5.92 Å². The van der Waals surface area contributed by atoms with Gasteiger partial charge in [-0.2, -0.15) is 0 Å². The number of nitrogens with zero attached hydrogens (tertiary/aromatic N) is 1. The molecule has 4 N–H and O–H groups in total. The van der Waals surface area contributed by atoms with E-state index in [2.05, 4.69) is 17.2 Å². The maximum absolute atomic E-state index is 8.99. The minimum Gasteiger partial charge on any atom is -0.396 e. The summed E-state index contributed by atoms with van der Waals surface area (Å²) < 4.78 is 0. The summed E-state index contributed by atoms with van der Waals surface area (Å²) in [7, 11) is 0. The van der Waals surface area contributed by atoms with Crippen LogP contribution >= 0.6 is 0 Å². The van der Waals surface area contributed by atoms with Crippen LogP contribution in [0.4, 0.5) is 11.5 Å². The van der Waals surface area contributed by atoms with Crippen LogP contribution in [0.25, 0.3) is 0 Å². The highest BCUT2D eigenvalue weighted by Crippen LogP contribution is 2.20. The number of hydrogen-bond acceptors (Lipinski definition) is 4. The van der Waals surface area contributed by atoms with E-state index in [1.54, 1.807) is 6.20 Å². The molecule has 0 bridgehead atoms. The van der Waals surface area contributed by atoms with E-state index in [4.69, 9.17) is 10.8 Å². The Kier molecular flexibility index (Phi) is 5.77. The summed E-state index contributed by atoms with van der Waals surface area (Å²) in [6.07, 6.45) is 4.82. The van der Waals surface area contributed by atoms with E-state index >= 15 is 0 Å². The molecule has 0 aliphatic carbocycles. The molecule has 17 heavy (non-hydrogen) atoms. The predicted octanol–water partition coefficient (Wildman–Crippen LogP) is 2.18. The van der Waals surface area contributed by atoms with Crippen molar-refractivity contribution in [1.29, 1.82) is 0 Å². The zero-order valence-corrected chi connectivity index (χ0v) is 10.7. The van der Waals surface area contributed by atoms with Gasteiger partial charge in [0.2, 0.25) is 0 Å². The van der Waals surface area contributed by atoms with Crippen molar-refractivity contribution >= 4 is 11.5 Å². The van der Waals surface area contributed by atoms with Gasteiger partial charge in [-0.05, 0) is 37.3 Å². The molecule has 1 rings (SSSR count). The largest absolute Gasteiger partial charge is 0.396 e. The first-order chi connectivity index (χ1) is 8.19. The minimum absolute atomic E-state index is 0.239. The highest BCUT2D eigenvalue weighted by molar-refractivity contribution is 5.64. The number of aromatic nitrogens is 1. The van der Waals surface area contributed by atoms with E-state index in [9.17, 15) is 0 Å². The van der Waals surface area contributed by atoms with Crippen LogP contribution in [0.15, 0.2) is 12.3 Å². The molecule has 96 valence electrons. The van der Waals surface area contributed by atoms with Crippen LogP contribution in [-0.2, 0) is 0 Å². The molecule has 0 radical (unpaired) electrons. The first kappa shape index (κ1) is 13.8. The smallest absolute Gasteiger partial charge is 0.149 e. The monoisotopic (exact) mass is 237 g/mol. The van der Waals surface area contributed by atoms with Crippen LogP contribution in [-0.4, -0.2) is 23.2 Å². The Labute approximate surface area is 103 Å². The molecule has 4 heteroatoms. The molecule has 0 fully saturated rings. The quantitative estimate of drug-likeness (QED) is 0.679. The molecule has 1 atom stereocenters. The minimum atomic E-state index is 0.239. The van der Waals surface area contributed by atoms with Crippen molar-refractivity contribution in [3.63, 3.8) is 0 Å². The van der Waals surface area contributed by atoms with Gasteiger partial charge in [-0.3, -0.25) is 0 Å². The third-order valence-electron chi connectivity index (χ3n) is 3.00. The van der Waals surface area contributed by atoms with E-state index in [0.29, 0.717) is 11.6 Å². The van der Waals surface area contributed by atoms with Crippen LogP contribution in [0.2, 0.25) is 0 Å². The number of nitrogens with two attached hydrogens (primary N) is 1. The van der Waals surface area contributed by atoms with Gasteiger partial charge in [0.1, 0.15) is 5.82 Å². The van der Waals surface area contributed by atoms with Gasteiger partial charge in [0.25, 0.3) is 0 Å². The van der Waals surface area contributed by atoms with E-state index in [0.717, 1.165) is 37.2 Å². The molecule has 1 aromatic rings. The fraction of sp³-hybridized carbons (Fsp3) is 0.615. The van der Waals surface area contributed by atoms with Gasteiger partial charge >= 0.3 is 0 Å². The first-order valence-corrected chi connectivity index (χ1v) is 6.24. The molecule has 1 heterocycles. The van der Waals surface area contributed by atoms with Gasteiger partial charge in [0.15, 0.2) is 0 Å². The highest BCUT2D eigenvalue weighted by Gasteiger charge is 2.09. The molecular formula is C13H23N3O. The summed E-state index contributed by atoms with van der Waals surface area (Å²) in [6.45, 7) is 5.18. The van der Waals surface area contributed by atoms with Crippen LogP contribution in [0.3, 0.4) is 0 Å². The number of nitrogens with one attached hydrogen (secondary N) is 1. The highest BCUT2D eigenvalue weighted by atomic mass is 16.3. The maximum Gasteiger partial charge on any atom is 0.149 e. The third kappa shape index (κ3) is 4.23. The number of nitrogen functional groups attached to an aromatic ring is 1. The van der Waals surface area contributed by atoms with E-state index in [1.807, 2.05) is 13.0 Å². The molecule has 1 unspecified atom stereocenters. The lowest BCUT2D eigenvalue weighted by atomic mass is 10.0. The number of anilines is 2. The Morgan fingerprint density at radius 3 is 2.88 bits per heavy atom. The average molecular weight is 237 g/mol. The lowest BCUT2D eigenvalue weighted by Gasteiger charge is -2.17. The Morgan fingerprint density at radius 2 is 2.24 bits per heavy atom. The fourth-order valence-corrected chi connectivity index (χ4v) is 1.89. The fourth-order valence-electron chi connectivity index (χ4n) is 1.89. The number of aliphatic hydroxyl groups is 1.